The van der Waals surface area contributed by atoms with Crippen LogP contribution < -0.4 is 10.6 Å². The molecule has 9 heteroatoms. The second-order valence-electron chi connectivity index (χ2n) is 10.2. The molecule has 2 N–H and O–H groups in total. The number of aromatic nitrogens is 2. The molecule has 176 valence electrons. The van der Waals surface area contributed by atoms with Gasteiger partial charge >= 0.3 is 6.18 Å². The van der Waals surface area contributed by atoms with Gasteiger partial charge in [0.1, 0.15) is 0 Å². The van der Waals surface area contributed by atoms with Gasteiger partial charge in [0.15, 0.2) is 5.69 Å². The molecule has 0 saturated heterocycles. The first kappa shape index (κ1) is 22.9. The van der Waals surface area contributed by atoms with Gasteiger partial charge in [0.25, 0.3) is 5.91 Å². The number of hydrogen-bond acceptors (Lipinski definition) is 3. The van der Waals surface area contributed by atoms with Crippen LogP contribution in [0.25, 0.3) is 6.20 Å². The van der Waals surface area contributed by atoms with E-state index in [9.17, 15) is 22.8 Å². The van der Waals surface area contributed by atoms with Crippen molar-refractivity contribution in [1.82, 2.24) is 20.4 Å². The van der Waals surface area contributed by atoms with E-state index in [0.717, 1.165) is 38.1 Å². The maximum absolute atomic E-state index is 13.9. The van der Waals surface area contributed by atoms with Crippen molar-refractivity contribution in [3.05, 3.63) is 23.5 Å². The first-order chi connectivity index (χ1) is 15.0. The summed E-state index contributed by atoms with van der Waals surface area (Å²) in [5.41, 5.74) is -2.64. The summed E-state index contributed by atoms with van der Waals surface area (Å²) >= 11 is 0. The third-order valence-electron chi connectivity index (χ3n) is 7.39. The van der Waals surface area contributed by atoms with Crippen LogP contribution in [-0.2, 0) is 11.0 Å². The van der Waals surface area contributed by atoms with Crippen LogP contribution in [0.2, 0.25) is 0 Å². The molecule has 4 fully saturated rings. The Balaban J connectivity index is 1.56. The average Bonchev–Trinajstić information content (AvgIpc) is 3.13. The lowest BCUT2D eigenvalue weighted by atomic mass is 9.54. The summed E-state index contributed by atoms with van der Waals surface area (Å²) in [6.07, 6.45) is 4.16. The zero-order valence-corrected chi connectivity index (χ0v) is 18.7. The van der Waals surface area contributed by atoms with Gasteiger partial charge in [-0.15, -0.1) is 0 Å². The highest BCUT2D eigenvalue weighted by Gasteiger charge is 2.49. The van der Waals surface area contributed by atoms with Crippen molar-refractivity contribution in [2.24, 2.45) is 29.1 Å². The number of rotatable bonds is 6. The van der Waals surface area contributed by atoms with Gasteiger partial charge in [0, 0.05) is 18.8 Å². The molecule has 4 bridgehead atoms. The maximum atomic E-state index is 13.9. The molecule has 4 aliphatic rings. The van der Waals surface area contributed by atoms with Crippen LogP contribution in [0.15, 0.2) is 12.3 Å². The van der Waals surface area contributed by atoms with Gasteiger partial charge in [0.05, 0.1) is 17.2 Å². The van der Waals surface area contributed by atoms with Gasteiger partial charge in [0.2, 0.25) is 5.91 Å². The lowest BCUT2D eigenvalue weighted by Crippen LogP contribution is -2.55. The summed E-state index contributed by atoms with van der Waals surface area (Å²) < 4.78 is 42.4. The van der Waals surface area contributed by atoms with E-state index in [4.69, 9.17) is 0 Å². The van der Waals surface area contributed by atoms with E-state index in [1.165, 1.54) is 12.5 Å². The van der Waals surface area contributed by atoms with Crippen LogP contribution >= 0.6 is 0 Å². The number of hydrogen-bond donors (Lipinski definition) is 2. The number of carbonyl (C=O) groups excluding carboxylic acids is 2. The van der Waals surface area contributed by atoms with Gasteiger partial charge in [-0.05, 0) is 76.5 Å². The summed E-state index contributed by atoms with van der Waals surface area (Å²) in [6, 6.07) is -0.0630. The third-order valence-corrected chi connectivity index (χ3v) is 7.39. The topological polar surface area (TPSA) is 76.0 Å². The molecule has 4 aliphatic carbocycles. The van der Waals surface area contributed by atoms with Gasteiger partial charge in [-0.1, -0.05) is 6.08 Å². The molecule has 0 aliphatic heterocycles. The zero-order valence-electron chi connectivity index (χ0n) is 18.7. The molecule has 4 saturated carbocycles. The summed E-state index contributed by atoms with van der Waals surface area (Å²) in [7, 11) is 0. The molecule has 6 nitrogen and oxygen atoms in total. The first-order valence-electron chi connectivity index (χ1n) is 11.4. The van der Waals surface area contributed by atoms with Crippen LogP contribution in [-0.4, -0.2) is 34.2 Å². The Hall–Kier alpha value is -2.32. The predicted octanol–water partition coefficient (Wildman–Crippen LogP) is 4.09. The van der Waals surface area contributed by atoms with Crippen LogP contribution in [0.3, 0.4) is 0 Å². The van der Waals surface area contributed by atoms with Crippen molar-refractivity contribution in [2.45, 2.75) is 65.1 Å². The monoisotopic (exact) mass is 452 g/mol. The van der Waals surface area contributed by atoms with Gasteiger partial charge < -0.3 is 10.6 Å². The Morgan fingerprint density at radius 2 is 1.72 bits per heavy atom. The quantitative estimate of drug-likeness (QED) is 0.683. The standard InChI is InChI=1S/C23H31F3N4O2/c1-4-27-21(32)22(2,3)5-6-30-19(23(24,25)26)17(12-28-30)20(31)29-18-15-8-13-7-14(10-15)11-16(18)9-13/h5-6,12-16,18H,4,7-11H2,1-3H3,(H,27,32)(H,29,31)/b6-5+. The van der Waals surface area contributed by atoms with Crippen molar-refractivity contribution in [3.63, 3.8) is 0 Å². The fourth-order valence-electron chi connectivity index (χ4n) is 6.03. The van der Waals surface area contributed by atoms with E-state index in [-0.39, 0.29) is 11.9 Å². The third kappa shape index (κ3) is 4.30. The number of halogens is 3. The summed E-state index contributed by atoms with van der Waals surface area (Å²) in [6.45, 7) is 5.39. The molecule has 32 heavy (non-hydrogen) atoms. The number of amides is 2. The van der Waals surface area contributed by atoms with Crippen molar-refractivity contribution in [1.29, 1.82) is 0 Å². The highest BCUT2D eigenvalue weighted by molar-refractivity contribution is 5.95. The lowest BCUT2D eigenvalue weighted by molar-refractivity contribution is -0.142. The molecule has 1 aromatic rings. The van der Waals surface area contributed by atoms with E-state index < -0.39 is 28.8 Å². The number of carbonyl (C=O) groups is 2. The fraction of sp³-hybridized carbons (Fsp3) is 0.696. The lowest BCUT2D eigenvalue weighted by Gasteiger charge is -2.54. The smallest absolute Gasteiger partial charge is 0.356 e. The minimum absolute atomic E-state index is 0.0630. The second-order valence-corrected chi connectivity index (χ2v) is 10.2. The molecule has 5 rings (SSSR count). The van der Waals surface area contributed by atoms with E-state index in [0.29, 0.717) is 34.9 Å². The fourth-order valence-corrected chi connectivity index (χ4v) is 6.03. The van der Waals surface area contributed by atoms with Gasteiger partial charge in [-0.25, -0.2) is 4.68 Å². The molecule has 0 atom stereocenters. The first-order valence-corrected chi connectivity index (χ1v) is 11.4. The van der Waals surface area contributed by atoms with E-state index in [1.807, 2.05) is 0 Å². The van der Waals surface area contributed by atoms with Crippen LogP contribution in [0.4, 0.5) is 13.2 Å². The van der Waals surface area contributed by atoms with E-state index in [1.54, 1.807) is 20.8 Å². The molecule has 1 heterocycles. The molecule has 0 radical (unpaired) electrons. The summed E-state index contributed by atoms with van der Waals surface area (Å²) in [4.78, 5) is 25.1. The molecule has 0 unspecified atom stereocenters. The average molecular weight is 453 g/mol. The van der Waals surface area contributed by atoms with Crippen LogP contribution in [0.5, 0.6) is 0 Å². The summed E-state index contributed by atoms with van der Waals surface area (Å²) in [5, 5.41) is 9.40. The summed E-state index contributed by atoms with van der Waals surface area (Å²) in [5.74, 6) is 1.10. The van der Waals surface area contributed by atoms with E-state index in [2.05, 4.69) is 15.7 Å². The zero-order chi connectivity index (χ0) is 23.3. The highest BCUT2D eigenvalue weighted by atomic mass is 19.4. The second kappa shape index (κ2) is 8.23. The number of nitrogens with zero attached hydrogens (tertiary/aromatic N) is 2. The van der Waals surface area contributed by atoms with Gasteiger partial charge in [-0.2, -0.15) is 18.3 Å². The Morgan fingerprint density at radius 3 is 2.25 bits per heavy atom. The number of alkyl halides is 3. The Bertz CT molecular complexity index is 891. The van der Waals surface area contributed by atoms with E-state index >= 15 is 0 Å². The SMILES string of the molecule is CCNC(=O)C(C)(C)/C=C/n1ncc(C(=O)NC2C3CC4CC(C3)CC2C4)c1C(F)(F)F. The molecular formula is C23H31F3N4O2. The normalized spacial score (nSPS) is 29.5. The molecule has 0 spiro atoms. The van der Waals surface area contributed by atoms with Crippen molar-refractivity contribution in [2.75, 3.05) is 6.54 Å². The molecule has 2 amide bonds. The largest absolute Gasteiger partial charge is 0.434 e. The van der Waals surface area contributed by atoms with Crippen LogP contribution in [0.1, 0.15) is 68.9 Å². The minimum atomic E-state index is -4.77. The number of nitrogens with one attached hydrogen (secondary N) is 2. The highest BCUT2D eigenvalue weighted by Crippen LogP contribution is 2.53. The maximum Gasteiger partial charge on any atom is 0.434 e. The predicted molar refractivity (Wildman–Crippen MR) is 113 cm³/mol. The Labute approximate surface area is 186 Å². The Morgan fingerprint density at radius 1 is 1.12 bits per heavy atom. The van der Waals surface area contributed by atoms with Gasteiger partial charge in [-0.3, -0.25) is 9.59 Å². The van der Waals surface area contributed by atoms with Crippen molar-refractivity contribution in [3.8, 4) is 0 Å². The van der Waals surface area contributed by atoms with Crippen molar-refractivity contribution >= 4 is 18.0 Å². The minimum Gasteiger partial charge on any atom is -0.356 e. The molecule has 0 aromatic carbocycles. The van der Waals surface area contributed by atoms with Crippen molar-refractivity contribution < 1.29 is 22.8 Å². The van der Waals surface area contributed by atoms with Crippen LogP contribution in [0, 0.1) is 29.1 Å². The molecule has 1 aromatic heterocycles. The molecular weight excluding hydrogens is 421 g/mol. The Kier molecular flexibility index (Phi) is 5.88.